The second-order valence-corrected chi connectivity index (χ2v) is 10.3. The Labute approximate surface area is 231 Å². The van der Waals surface area contributed by atoms with E-state index in [0.29, 0.717) is 28.4 Å². The monoisotopic (exact) mass is 554 g/mol. The number of nitrogens with one attached hydrogen (secondary N) is 1. The third kappa shape index (κ3) is 6.43. The molecule has 0 unspecified atom stereocenters. The highest BCUT2D eigenvalue weighted by molar-refractivity contribution is 5.92. The maximum absolute atomic E-state index is 13.3. The summed E-state index contributed by atoms with van der Waals surface area (Å²) in [6, 6.07) is 10.3. The van der Waals surface area contributed by atoms with Gasteiger partial charge in [0.15, 0.2) is 0 Å². The first-order valence-electron chi connectivity index (χ1n) is 13.4. The molecule has 11 heteroatoms. The molecule has 1 atom stereocenters. The van der Waals surface area contributed by atoms with Gasteiger partial charge in [-0.2, -0.15) is 13.2 Å². The van der Waals surface area contributed by atoms with Gasteiger partial charge in [0.2, 0.25) is 0 Å². The lowest BCUT2D eigenvalue weighted by atomic mass is 9.95. The van der Waals surface area contributed by atoms with Crippen LogP contribution in [0.2, 0.25) is 0 Å². The van der Waals surface area contributed by atoms with Crippen molar-refractivity contribution in [3.05, 3.63) is 77.2 Å². The van der Waals surface area contributed by atoms with Gasteiger partial charge in [-0.15, -0.1) is 0 Å². The van der Waals surface area contributed by atoms with Crippen molar-refractivity contribution < 1.29 is 22.7 Å². The highest BCUT2D eigenvalue weighted by Gasteiger charge is 2.31. The smallest absolute Gasteiger partial charge is 0.381 e. The van der Waals surface area contributed by atoms with Crippen molar-refractivity contribution in [1.82, 2.24) is 20.2 Å². The minimum absolute atomic E-state index is 0.118. The summed E-state index contributed by atoms with van der Waals surface area (Å²) in [7, 11) is 0. The number of piperazine rings is 1. The Kier molecular flexibility index (Phi) is 8.34. The van der Waals surface area contributed by atoms with Crippen LogP contribution >= 0.6 is 0 Å². The summed E-state index contributed by atoms with van der Waals surface area (Å²) < 4.78 is 45.1. The second-order valence-electron chi connectivity index (χ2n) is 10.3. The lowest BCUT2D eigenvalue weighted by Crippen LogP contribution is -2.50. The normalized spacial score (nSPS) is 17.4. The van der Waals surface area contributed by atoms with Gasteiger partial charge in [0.1, 0.15) is 11.5 Å². The fourth-order valence-electron chi connectivity index (χ4n) is 5.04. The lowest BCUT2D eigenvalue weighted by molar-refractivity contribution is -0.137. The number of alkyl halides is 3. The molecule has 0 spiro atoms. The van der Waals surface area contributed by atoms with Crippen LogP contribution in [0.3, 0.4) is 0 Å². The minimum Gasteiger partial charge on any atom is -0.381 e. The van der Waals surface area contributed by atoms with Crippen molar-refractivity contribution in [2.45, 2.75) is 25.7 Å². The highest BCUT2D eigenvalue weighted by atomic mass is 19.4. The molecule has 0 aliphatic carbocycles. The van der Waals surface area contributed by atoms with E-state index in [1.54, 1.807) is 30.5 Å². The van der Waals surface area contributed by atoms with E-state index >= 15 is 0 Å². The fraction of sp³-hybridized carbons (Fsp3) is 0.414. The Morgan fingerprint density at radius 3 is 2.45 bits per heavy atom. The van der Waals surface area contributed by atoms with Crippen molar-refractivity contribution >= 4 is 11.7 Å². The number of rotatable bonds is 8. The van der Waals surface area contributed by atoms with Crippen molar-refractivity contribution in [2.24, 2.45) is 11.7 Å². The van der Waals surface area contributed by atoms with Crippen molar-refractivity contribution in [3.63, 3.8) is 0 Å². The van der Waals surface area contributed by atoms with Crippen LogP contribution in [0, 0.1) is 5.92 Å². The predicted molar refractivity (Wildman–Crippen MR) is 146 cm³/mol. The summed E-state index contributed by atoms with van der Waals surface area (Å²) in [5, 5.41) is 2.95. The number of carbonyl (C=O) groups excluding carboxylic acids is 1. The van der Waals surface area contributed by atoms with E-state index in [4.69, 9.17) is 10.5 Å². The number of hydrogen-bond donors (Lipinski definition) is 2. The minimum atomic E-state index is -4.44. The van der Waals surface area contributed by atoms with Gasteiger partial charge < -0.3 is 20.7 Å². The molecule has 0 bridgehead atoms. The summed E-state index contributed by atoms with van der Waals surface area (Å²) in [5.74, 6) is 0.950. The Bertz CT molecular complexity index is 1320. The van der Waals surface area contributed by atoms with E-state index < -0.39 is 11.7 Å². The Morgan fingerprint density at radius 2 is 1.82 bits per heavy atom. The van der Waals surface area contributed by atoms with Crippen LogP contribution in [0.25, 0.3) is 11.1 Å². The number of anilines is 1. The van der Waals surface area contributed by atoms with E-state index in [-0.39, 0.29) is 24.2 Å². The third-order valence-electron chi connectivity index (χ3n) is 7.50. The molecule has 1 aromatic heterocycles. The Balaban J connectivity index is 1.21. The average molecular weight is 555 g/mol. The summed E-state index contributed by atoms with van der Waals surface area (Å²) >= 11 is 0. The quantitative estimate of drug-likeness (QED) is 0.436. The molecule has 0 saturated carbocycles. The van der Waals surface area contributed by atoms with E-state index in [1.807, 2.05) is 6.92 Å². The third-order valence-corrected chi connectivity index (χ3v) is 7.50. The number of nitrogens with two attached hydrogens (primary N) is 1. The molecule has 1 amide bonds. The van der Waals surface area contributed by atoms with Crippen LogP contribution < -0.4 is 16.0 Å². The molecule has 2 aliphatic rings. The number of ether oxygens (including phenoxy) is 1. The Hall–Kier alpha value is -3.54. The lowest BCUT2D eigenvalue weighted by Gasteiger charge is -2.38. The molecule has 0 radical (unpaired) electrons. The zero-order valence-corrected chi connectivity index (χ0v) is 22.3. The van der Waals surface area contributed by atoms with Crippen LogP contribution in [-0.4, -0.2) is 66.7 Å². The summed E-state index contributed by atoms with van der Waals surface area (Å²) in [5.41, 5.74) is 7.76. The van der Waals surface area contributed by atoms with Gasteiger partial charge in [0, 0.05) is 45.2 Å². The Morgan fingerprint density at radius 1 is 1.10 bits per heavy atom. The molecule has 2 aliphatic heterocycles. The van der Waals surface area contributed by atoms with E-state index in [2.05, 4.69) is 25.1 Å². The molecule has 5 rings (SSSR count). The molecular formula is C29H33F3N6O2. The predicted octanol–water partition coefficient (Wildman–Crippen LogP) is 3.88. The van der Waals surface area contributed by atoms with Gasteiger partial charge in [0.25, 0.3) is 5.91 Å². The first kappa shape index (κ1) is 28.0. The SMILES string of the molecule is C[C@@H](NC(=O)c1cncc(N2CCN(CC3COC3)CC2)n1)c1ccc(-c2cc(C(F)(F)F)ccc2CN)cc1. The first-order valence-corrected chi connectivity index (χ1v) is 13.4. The molecule has 2 saturated heterocycles. The fourth-order valence-corrected chi connectivity index (χ4v) is 5.04. The van der Waals surface area contributed by atoms with Gasteiger partial charge in [-0.25, -0.2) is 4.98 Å². The van der Waals surface area contributed by atoms with E-state index in [1.165, 1.54) is 12.3 Å². The number of nitrogens with zero attached hydrogens (tertiary/aromatic N) is 4. The summed E-state index contributed by atoms with van der Waals surface area (Å²) in [6.07, 6.45) is -1.32. The standard InChI is InChI=1S/C29H33F3N6O2/c1-19(21-2-4-22(5-3-21)25-12-24(29(30,31)32)7-6-23(25)13-33)35-28(39)26-14-34-15-27(36-26)38-10-8-37(9-11-38)16-20-17-40-18-20/h2-7,12,14-15,19-20H,8-11,13,16-18,33H2,1H3,(H,35,39)/t19-/m1/s1. The van der Waals surface area contributed by atoms with Crippen LogP contribution in [0.15, 0.2) is 54.9 Å². The molecule has 212 valence electrons. The largest absolute Gasteiger partial charge is 0.416 e. The molecule has 40 heavy (non-hydrogen) atoms. The topological polar surface area (TPSA) is 96.6 Å². The van der Waals surface area contributed by atoms with Crippen LogP contribution in [-0.2, 0) is 17.5 Å². The maximum Gasteiger partial charge on any atom is 0.416 e. The van der Waals surface area contributed by atoms with Crippen molar-refractivity contribution in [3.8, 4) is 11.1 Å². The van der Waals surface area contributed by atoms with Gasteiger partial charge in [-0.1, -0.05) is 30.3 Å². The molecule has 3 N–H and O–H groups in total. The maximum atomic E-state index is 13.3. The summed E-state index contributed by atoms with van der Waals surface area (Å²) in [4.78, 5) is 26.4. The van der Waals surface area contributed by atoms with Crippen molar-refractivity contribution in [1.29, 1.82) is 0 Å². The molecular weight excluding hydrogens is 521 g/mol. The van der Waals surface area contributed by atoms with E-state index in [0.717, 1.165) is 63.6 Å². The van der Waals surface area contributed by atoms with Gasteiger partial charge in [-0.3, -0.25) is 14.7 Å². The summed E-state index contributed by atoms with van der Waals surface area (Å²) in [6.45, 7) is 8.17. The molecule has 3 heterocycles. The number of benzene rings is 2. The molecule has 2 fully saturated rings. The number of aromatic nitrogens is 2. The van der Waals surface area contributed by atoms with Crippen LogP contribution in [0.1, 0.15) is 40.1 Å². The molecule has 3 aromatic rings. The second kappa shape index (κ2) is 11.9. The zero-order valence-electron chi connectivity index (χ0n) is 22.3. The number of carbonyl (C=O) groups is 1. The number of hydrogen-bond acceptors (Lipinski definition) is 7. The van der Waals surface area contributed by atoms with Crippen molar-refractivity contribution in [2.75, 3.05) is 50.8 Å². The van der Waals surface area contributed by atoms with Crippen LogP contribution in [0.5, 0.6) is 0 Å². The van der Waals surface area contributed by atoms with Crippen LogP contribution in [0.4, 0.5) is 19.0 Å². The molecule has 8 nitrogen and oxygen atoms in total. The average Bonchev–Trinajstić information content (AvgIpc) is 2.94. The number of amides is 1. The first-order chi connectivity index (χ1) is 19.2. The van der Waals surface area contributed by atoms with Gasteiger partial charge in [0.05, 0.1) is 37.2 Å². The number of halogens is 3. The zero-order chi connectivity index (χ0) is 28.3. The van der Waals surface area contributed by atoms with Gasteiger partial charge in [-0.05, 0) is 41.3 Å². The highest BCUT2D eigenvalue weighted by Crippen LogP contribution is 2.34. The van der Waals surface area contributed by atoms with E-state index in [9.17, 15) is 18.0 Å². The molecule has 2 aromatic carbocycles. The van der Waals surface area contributed by atoms with Gasteiger partial charge >= 0.3 is 6.18 Å².